The highest BCUT2D eigenvalue weighted by Gasteiger charge is 2.20. The molecule has 0 atom stereocenters. The first-order chi connectivity index (χ1) is 6.98. The van der Waals surface area contributed by atoms with Gasteiger partial charge >= 0.3 is 0 Å². The maximum Gasteiger partial charge on any atom is 0.265 e. The molecule has 0 saturated carbocycles. The summed E-state index contributed by atoms with van der Waals surface area (Å²) < 4.78 is 22.5. The third-order valence-corrected chi connectivity index (χ3v) is 4.72. The second kappa shape index (κ2) is 7.88. The van der Waals surface area contributed by atoms with Crippen LogP contribution in [-0.4, -0.2) is 21.5 Å². The molecule has 0 aromatic rings. The van der Waals surface area contributed by atoms with Crippen LogP contribution in [0.2, 0.25) is 19.1 Å². The molecular weight excluding hydrogens is 211 g/mol. The molecule has 0 saturated heterocycles. The maximum absolute atomic E-state index is 12.1. The van der Waals surface area contributed by atoms with Crippen molar-refractivity contribution in [1.29, 1.82) is 0 Å². The first kappa shape index (κ1) is 14.6. The van der Waals surface area contributed by atoms with Crippen LogP contribution in [0.15, 0.2) is 12.6 Å². The molecule has 0 spiro atoms. The summed E-state index contributed by atoms with van der Waals surface area (Å²) in [5.74, 6) is 0. The average Bonchev–Trinajstić information content (AvgIpc) is 2.14. The van der Waals surface area contributed by atoms with Crippen LogP contribution in [0.4, 0.5) is 4.39 Å². The van der Waals surface area contributed by atoms with Gasteiger partial charge in [-0.3, -0.25) is 0 Å². The second-order valence-corrected chi connectivity index (χ2v) is 8.58. The van der Waals surface area contributed by atoms with Crippen LogP contribution in [0.3, 0.4) is 0 Å². The lowest BCUT2D eigenvalue weighted by Crippen LogP contribution is -2.30. The first-order valence-corrected chi connectivity index (χ1v) is 8.70. The van der Waals surface area contributed by atoms with Crippen molar-refractivity contribution in [3.05, 3.63) is 12.6 Å². The summed E-state index contributed by atoms with van der Waals surface area (Å²) in [4.78, 5) is 0. The van der Waals surface area contributed by atoms with E-state index in [-0.39, 0.29) is 0 Å². The van der Waals surface area contributed by atoms with Crippen LogP contribution >= 0.6 is 0 Å². The summed E-state index contributed by atoms with van der Waals surface area (Å²) in [5, 5.41) is 0. The van der Waals surface area contributed by atoms with Gasteiger partial charge in [0.15, 0.2) is 8.32 Å². The molecule has 0 aromatic carbocycles. The summed E-state index contributed by atoms with van der Waals surface area (Å²) in [7, 11) is -1.47. The molecule has 0 aliphatic carbocycles. The highest BCUT2D eigenvalue weighted by atomic mass is 28.4. The molecule has 0 N–H and O–H groups in total. The second-order valence-electron chi connectivity index (χ2n) is 4.27. The van der Waals surface area contributed by atoms with Gasteiger partial charge in [-0.1, -0.05) is 19.8 Å². The van der Waals surface area contributed by atoms with Crippen molar-refractivity contribution in [2.24, 2.45) is 0 Å². The minimum Gasteiger partial charge on any atom is -0.471 e. The zero-order valence-corrected chi connectivity index (χ0v) is 11.1. The van der Waals surface area contributed by atoms with Crippen molar-refractivity contribution in [3.63, 3.8) is 0 Å². The summed E-state index contributed by atoms with van der Waals surface area (Å²) in [5.41, 5.74) is 0. The van der Waals surface area contributed by atoms with Gasteiger partial charge in [-0.25, -0.2) is 0 Å². The molecule has 15 heavy (non-hydrogen) atoms. The number of halogens is 1. The minimum atomic E-state index is -1.47. The van der Waals surface area contributed by atoms with Crippen molar-refractivity contribution in [2.45, 2.75) is 45.3 Å². The summed E-state index contributed by atoms with van der Waals surface area (Å²) in [6.45, 7) is 10.7. The Bertz CT molecular complexity index is 183. The van der Waals surface area contributed by atoms with Crippen LogP contribution in [0, 0.1) is 0 Å². The fourth-order valence-corrected chi connectivity index (χ4v) is 3.31. The SMILES string of the molecule is C=C(F)OCCCO[Si](C)(C)CCCC. The molecule has 90 valence electrons. The Morgan fingerprint density at radius 3 is 2.47 bits per heavy atom. The molecule has 4 heteroatoms. The van der Waals surface area contributed by atoms with Crippen LogP contribution < -0.4 is 0 Å². The zero-order chi connectivity index (χ0) is 11.7. The summed E-state index contributed by atoms with van der Waals surface area (Å²) in [6, 6.07) is 0.484. The van der Waals surface area contributed by atoms with Crippen LogP contribution in [-0.2, 0) is 9.16 Å². The smallest absolute Gasteiger partial charge is 0.265 e. The Morgan fingerprint density at radius 1 is 1.27 bits per heavy atom. The number of hydrogen-bond acceptors (Lipinski definition) is 2. The predicted octanol–water partition coefficient (Wildman–Crippen LogP) is 3.86. The van der Waals surface area contributed by atoms with Crippen molar-refractivity contribution >= 4 is 8.32 Å². The van der Waals surface area contributed by atoms with Gasteiger partial charge in [0.25, 0.3) is 6.01 Å². The lowest BCUT2D eigenvalue weighted by Gasteiger charge is -2.22. The van der Waals surface area contributed by atoms with Gasteiger partial charge in [-0.2, -0.15) is 4.39 Å². The Labute approximate surface area is 93.6 Å². The van der Waals surface area contributed by atoms with Gasteiger partial charge in [0, 0.05) is 13.0 Å². The van der Waals surface area contributed by atoms with Gasteiger partial charge in [0.2, 0.25) is 0 Å². The Balaban J connectivity index is 3.43. The predicted molar refractivity (Wildman–Crippen MR) is 64.0 cm³/mol. The monoisotopic (exact) mass is 234 g/mol. The summed E-state index contributed by atoms with van der Waals surface area (Å²) >= 11 is 0. The lowest BCUT2D eigenvalue weighted by atomic mass is 10.4. The standard InChI is InChI=1S/C11H23FO2Si/c1-5-6-10-15(3,4)14-9-7-8-13-11(2)12/h2,5-10H2,1,3-4H3. The summed E-state index contributed by atoms with van der Waals surface area (Å²) in [6.07, 6.45) is 3.17. The molecular formula is C11H23FO2Si. The van der Waals surface area contributed by atoms with E-state index < -0.39 is 14.3 Å². The number of rotatable bonds is 9. The Kier molecular flexibility index (Phi) is 7.69. The van der Waals surface area contributed by atoms with Crippen molar-refractivity contribution < 1.29 is 13.6 Å². The lowest BCUT2D eigenvalue weighted by molar-refractivity contribution is 0.131. The van der Waals surface area contributed by atoms with E-state index in [9.17, 15) is 4.39 Å². The van der Waals surface area contributed by atoms with E-state index in [1.165, 1.54) is 18.9 Å². The van der Waals surface area contributed by atoms with Gasteiger partial charge < -0.3 is 9.16 Å². The van der Waals surface area contributed by atoms with Gasteiger partial charge in [0.05, 0.1) is 6.61 Å². The van der Waals surface area contributed by atoms with Crippen molar-refractivity contribution in [3.8, 4) is 0 Å². The molecule has 0 radical (unpaired) electrons. The molecule has 2 nitrogen and oxygen atoms in total. The topological polar surface area (TPSA) is 18.5 Å². The molecule has 0 aliphatic heterocycles. The molecule has 0 fully saturated rings. The van der Waals surface area contributed by atoms with Gasteiger partial charge in [0.1, 0.15) is 0 Å². The minimum absolute atomic E-state index is 0.355. The fourth-order valence-electron chi connectivity index (χ4n) is 1.26. The van der Waals surface area contributed by atoms with E-state index >= 15 is 0 Å². The molecule has 0 bridgehead atoms. The average molecular weight is 234 g/mol. The maximum atomic E-state index is 12.1. The fraction of sp³-hybridized carbons (Fsp3) is 0.818. The quantitative estimate of drug-likeness (QED) is 0.343. The molecule has 0 aliphatic rings. The van der Waals surface area contributed by atoms with Gasteiger partial charge in [-0.05, 0) is 25.7 Å². The van der Waals surface area contributed by atoms with E-state index in [1.807, 2.05) is 0 Å². The highest BCUT2D eigenvalue weighted by molar-refractivity contribution is 6.71. The molecule has 0 aromatic heterocycles. The Hall–Kier alpha value is -0.353. The van der Waals surface area contributed by atoms with Crippen molar-refractivity contribution in [1.82, 2.24) is 0 Å². The van der Waals surface area contributed by atoms with E-state index in [0.29, 0.717) is 13.2 Å². The molecule has 0 heterocycles. The third kappa shape index (κ3) is 9.94. The van der Waals surface area contributed by atoms with E-state index in [2.05, 4.69) is 31.3 Å². The molecule has 0 unspecified atom stereocenters. The first-order valence-electron chi connectivity index (χ1n) is 5.59. The van der Waals surface area contributed by atoms with Crippen LogP contribution in [0.25, 0.3) is 0 Å². The largest absolute Gasteiger partial charge is 0.471 e. The molecule has 0 rings (SSSR count). The number of hydrogen-bond donors (Lipinski definition) is 0. The zero-order valence-electron chi connectivity index (χ0n) is 10.1. The highest BCUT2D eigenvalue weighted by Crippen LogP contribution is 2.15. The molecule has 0 amide bonds. The van der Waals surface area contributed by atoms with Gasteiger partial charge in [-0.15, -0.1) is 0 Å². The van der Waals surface area contributed by atoms with Crippen molar-refractivity contribution in [2.75, 3.05) is 13.2 Å². The Morgan fingerprint density at radius 2 is 1.93 bits per heavy atom. The van der Waals surface area contributed by atoms with Crippen LogP contribution in [0.5, 0.6) is 0 Å². The van der Waals surface area contributed by atoms with E-state index in [1.54, 1.807) is 0 Å². The van der Waals surface area contributed by atoms with E-state index in [0.717, 1.165) is 6.42 Å². The number of ether oxygens (including phenoxy) is 1. The third-order valence-electron chi connectivity index (χ3n) is 2.17. The van der Waals surface area contributed by atoms with Crippen LogP contribution in [0.1, 0.15) is 26.2 Å². The number of unbranched alkanes of at least 4 members (excludes halogenated alkanes) is 1. The normalized spacial score (nSPS) is 11.5. The van der Waals surface area contributed by atoms with E-state index in [4.69, 9.17) is 4.43 Å².